The zero-order valence-electron chi connectivity index (χ0n) is 26.1. The fraction of sp³-hybridized carbons (Fsp3) is 0.394. The number of pyridine rings is 2. The van der Waals surface area contributed by atoms with Crippen LogP contribution in [0.3, 0.4) is 0 Å². The number of aromatic nitrogens is 5. The van der Waals surface area contributed by atoms with E-state index in [0.29, 0.717) is 50.3 Å². The van der Waals surface area contributed by atoms with E-state index in [1.807, 2.05) is 74.1 Å². The number of rotatable bonds is 6. The lowest BCUT2D eigenvalue weighted by Crippen LogP contribution is -2.52. The summed E-state index contributed by atoms with van der Waals surface area (Å²) in [7, 11) is 0. The normalized spacial score (nSPS) is 16.3. The molecule has 0 aromatic carbocycles. The molecule has 2 aliphatic heterocycles. The van der Waals surface area contributed by atoms with Gasteiger partial charge >= 0.3 is 6.09 Å². The van der Waals surface area contributed by atoms with E-state index in [-0.39, 0.29) is 24.0 Å². The Bertz CT molecular complexity index is 1780. The second-order valence-corrected chi connectivity index (χ2v) is 12.6. The average molecular weight is 608 g/mol. The van der Waals surface area contributed by atoms with E-state index in [1.54, 1.807) is 27.9 Å². The van der Waals surface area contributed by atoms with E-state index < -0.39 is 5.60 Å². The Hall–Kier alpha value is -5.18. The van der Waals surface area contributed by atoms with Crippen molar-refractivity contribution in [3.05, 3.63) is 67.4 Å². The number of anilines is 1. The molecule has 45 heavy (non-hydrogen) atoms. The molecule has 1 atom stereocenters. The molecule has 2 amide bonds. The van der Waals surface area contributed by atoms with E-state index in [9.17, 15) is 14.9 Å². The molecule has 12 heteroatoms. The van der Waals surface area contributed by atoms with Crippen LogP contribution in [-0.2, 0) is 9.53 Å². The van der Waals surface area contributed by atoms with Crippen LogP contribution in [0, 0.1) is 17.2 Å². The first kappa shape index (κ1) is 29.9. The molecule has 4 aromatic heterocycles. The number of nitrogens with zero attached hydrogens (tertiary/aromatic N) is 9. The molecule has 0 spiro atoms. The molecule has 6 rings (SSSR count). The van der Waals surface area contributed by atoms with E-state index >= 15 is 0 Å². The molecule has 0 bridgehead atoms. The van der Waals surface area contributed by atoms with Gasteiger partial charge in [0.2, 0.25) is 5.91 Å². The fourth-order valence-electron chi connectivity index (χ4n) is 5.64. The molecule has 2 aliphatic rings. The predicted molar refractivity (Wildman–Crippen MR) is 169 cm³/mol. The highest BCUT2D eigenvalue weighted by molar-refractivity contribution is 5.87. The van der Waals surface area contributed by atoms with Crippen molar-refractivity contribution in [2.75, 3.05) is 44.2 Å². The third kappa shape index (κ3) is 5.98. The van der Waals surface area contributed by atoms with Gasteiger partial charge in [0, 0.05) is 80.1 Å². The highest BCUT2D eigenvalue weighted by atomic mass is 16.6. The molecule has 0 aliphatic carbocycles. The van der Waals surface area contributed by atoms with Crippen molar-refractivity contribution in [2.45, 2.75) is 39.3 Å². The number of fused-ring (bicyclic) bond motifs is 1. The maximum absolute atomic E-state index is 12.5. The van der Waals surface area contributed by atoms with Gasteiger partial charge in [-0.3, -0.25) is 9.48 Å². The molecule has 1 unspecified atom stereocenters. The highest BCUT2D eigenvalue weighted by Crippen LogP contribution is 2.33. The topological polar surface area (TPSA) is 125 Å². The molecule has 0 N–H and O–H groups in total. The average Bonchev–Trinajstić information content (AvgIpc) is 3.66. The molecule has 12 nitrogen and oxygen atoms in total. The third-order valence-electron chi connectivity index (χ3n) is 8.27. The number of likely N-dealkylation sites (tertiary alicyclic amines) is 1. The van der Waals surface area contributed by atoms with E-state index in [1.165, 1.54) is 0 Å². The first-order valence-corrected chi connectivity index (χ1v) is 15.1. The lowest BCUT2D eigenvalue weighted by molar-refractivity contribution is -0.133. The van der Waals surface area contributed by atoms with Crippen LogP contribution in [0.25, 0.3) is 27.8 Å². The predicted octanol–water partition coefficient (Wildman–Crippen LogP) is 4.39. The van der Waals surface area contributed by atoms with Gasteiger partial charge in [-0.15, -0.1) is 6.58 Å². The van der Waals surface area contributed by atoms with Crippen LogP contribution in [0.5, 0.6) is 0 Å². The first-order valence-electron chi connectivity index (χ1n) is 15.1. The van der Waals surface area contributed by atoms with Crippen molar-refractivity contribution in [1.82, 2.24) is 34.2 Å². The van der Waals surface area contributed by atoms with Gasteiger partial charge in [0.15, 0.2) is 0 Å². The van der Waals surface area contributed by atoms with Crippen molar-refractivity contribution >= 4 is 23.3 Å². The summed E-state index contributed by atoms with van der Waals surface area (Å²) in [4.78, 5) is 35.4. The van der Waals surface area contributed by atoms with Crippen molar-refractivity contribution in [1.29, 1.82) is 5.26 Å². The summed E-state index contributed by atoms with van der Waals surface area (Å²) >= 11 is 0. The van der Waals surface area contributed by atoms with E-state index in [2.05, 4.69) is 27.7 Å². The Labute approximate surface area is 262 Å². The quantitative estimate of drug-likeness (QED) is 0.296. The molecule has 0 radical (unpaired) electrons. The third-order valence-corrected chi connectivity index (χ3v) is 8.27. The smallest absolute Gasteiger partial charge is 0.410 e. The van der Waals surface area contributed by atoms with Crippen LogP contribution in [0.1, 0.15) is 39.3 Å². The SMILES string of the molecule is C=CC(C)C(=O)N1CCN(c2ccc(-c3cc(-c4cnn(C5CN(C(=O)OC(C)(C)C)C5)c4)cn4ncc(C#N)c34)cn2)CC1. The Morgan fingerprint density at radius 2 is 1.78 bits per heavy atom. The molecular formula is C33H37N9O3. The monoisotopic (exact) mass is 607 g/mol. The van der Waals surface area contributed by atoms with Gasteiger partial charge in [-0.05, 0) is 39.0 Å². The van der Waals surface area contributed by atoms with Crippen molar-refractivity contribution in [3.63, 3.8) is 0 Å². The Balaban J connectivity index is 1.21. The molecule has 4 aromatic rings. The van der Waals surface area contributed by atoms with Crippen LogP contribution in [-0.4, -0.2) is 91.0 Å². The van der Waals surface area contributed by atoms with Crippen LogP contribution < -0.4 is 4.90 Å². The maximum Gasteiger partial charge on any atom is 0.410 e. The van der Waals surface area contributed by atoms with Crippen molar-refractivity contribution < 1.29 is 14.3 Å². The van der Waals surface area contributed by atoms with Gasteiger partial charge in [-0.1, -0.05) is 13.0 Å². The Morgan fingerprint density at radius 3 is 2.42 bits per heavy atom. The molecule has 0 saturated carbocycles. The minimum Gasteiger partial charge on any atom is -0.444 e. The standard InChI is InChI=1S/C33H37N9O3/c1-6-22(2)31(43)39-11-9-38(10-12-39)29-8-7-23(15-35-29)28-13-24(18-42-30(28)25(14-34)16-37-42)26-17-36-41(19-26)27-20-40(21-27)32(44)45-33(3,4)5/h6-8,13,15-19,22,27H,1,9-12,20-21H2,2-5H3. The highest BCUT2D eigenvalue weighted by Gasteiger charge is 2.35. The minimum absolute atomic E-state index is 0.0616. The number of amides is 2. The van der Waals surface area contributed by atoms with Gasteiger partial charge in [0.05, 0.1) is 35.4 Å². The Kier molecular flexibility index (Phi) is 7.78. The minimum atomic E-state index is -0.535. The Morgan fingerprint density at radius 1 is 1.02 bits per heavy atom. The number of nitriles is 1. The summed E-state index contributed by atoms with van der Waals surface area (Å²) in [5.41, 5.74) is 4.12. The maximum atomic E-state index is 12.5. The summed E-state index contributed by atoms with van der Waals surface area (Å²) < 4.78 is 9.08. The van der Waals surface area contributed by atoms with Gasteiger partial charge in [-0.25, -0.2) is 14.3 Å². The number of ether oxygens (including phenoxy) is 1. The second-order valence-electron chi connectivity index (χ2n) is 12.6. The summed E-state index contributed by atoms with van der Waals surface area (Å²) in [6.45, 7) is 14.9. The number of hydrogen-bond acceptors (Lipinski definition) is 8. The number of carbonyl (C=O) groups is 2. The summed E-state index contributed by atoms with van der Waals surface area (Å²) in [5, 5.41) is 18.9. The van der Waals surface area contributed by atoms with Gasteiger partial charge < -0.3 is 19.4 Å². The number of piperazine rings is 1. The van der Waals surface area contributed by atoms with E-state index in [0.717, 1.165) is 28.1 Å². The van der Waals surface area contributed by atoms with Crippen LogP contribution in [0.15, 0.2) is 61.8 Å². The van der Waals surface area contributed by atoms with Crippen molar-refractivity contribution in [3.8, 4) is 28.3 Å². The molecule has 2 saturated heterocycles. The first-order chi connectivity index (χ1) is 21.5. The summed E-state index contributed by atoms with van der Waals surface area (Å²) in [6, 6.07) is 8.35. The number of hydrogen-bond donors (Lipinski definition) is 0. The summed E-state index contributed by atoms with van der Waals surface area (Å²) in [5.74, 6) is 0.753. The van der Waals surface area contributed by atoms with Crippen LogP contribution in [0.4, 0.5) is 10.6 Å². The molecule has 6 heterocycles. The molecule has 2 fully saturated rings. The molecule has 232 valence electrons. The lowest BCUT2D eigenvalue weighted by atomic mass is 10.0. The fourth-order valence-corrected chi connectivity index (χ4v) is 5.64. The zero-order chi connectivity index (χ0) is 31.9. The second kappa shape index (κ2) is 11.7. The van der Waals surface area contributed by atoms with Gasteiger partial charge in [0.1, 0.15) is 17.5 Å². The molecular weight excluding hydrogens is 570 g/mol. The van der Waals surface area contributed by atoms with Crippen LogP contribution in [0.2, 0.25) is 0 Å². The van der Waals surface area contributed by atoms with Gasteiger partial charge in [-0.2, -0.15) is 15.5 Å². The largest absolute Gasteiger partial charge is 0.444 e. The van der Waals surface area contributed by atoms with Crippen LogP contribution >= 0.6 is 0 Å². The lowest BCUT2D eigenvalue weighted by Gasteiger charge is -2.39. The van der Waals surface area contributed by atoms with Gasteiger partial charge in [0.25, 0.3) is 0 Å². The summed E-state index contributed by atoms with van der Waals surface area (Å²) in [6.07, 6.45) is 10.4. The van der Waals surface area contributed by atoms with E-state index in [4.69, 9.17) is 9.72 Å². The van der Waals surface area contributed by atoms with Crippen molar-refractivity contribution in [2.24, 2.45) is 5.92 Å². The number of carbonyl (C=O) groups excluding carboxylic acids is 2. The zero-order valence-corrected chi connectivity index (χ0v) is 26.1.